The summed E-state index contributed by atoms with van der Waals surface area (Å²) in [5, 5.41) is 11.1. The first-order valence-corrected chi connectivity index (χ1v) is 11.7. The average molecular weight is 474 g/mol. The largest absolute Gasteiger partial charge is 0.496 e. The van der Waals surface area contributed by atoms with E-state index in [1.54, 1.807) is 25.4 Å². The van der Waals surface area contributed by atoms with Crippen LogP contribution in [0.3, 0.4) is 0 Å². The van der Waals surface area contributed by atoms with E-state index in [9.17, 15) is 9.90 Å². The van der Waals surface area contributed by atoms with Crippen molar-refractivity contribution < 1.29 is 14.6 Å². The Labute approximate surface area is 203 Å². The summed E-state index contributed by atoms with van der Waals surface area (Å²) in [6.45, 7) is 1.49. The van der Waals surface area contributed by atoms with E-state index in [0.29, 0.717) is 11.3 Å². The fourth-order valence-electron chi connectivity index (χ4n) is 3.92. The molecule has 1 aliphatic heterocycles. The van der Waals surface area contributed by atoms with Crippen LogP contribution >= 0.6 is 11.9 Å². The van der Waals surface area contributed by atoms with E-state index in [2.05, 4.69) is 14.6 Å². The minimum atomic E-state index is -0.587. The molecule has 0 aliphatic carbocycles. The molecule has 0 spiro atoms. The third-order valence-corrected chi connectivity index (χ3v) is 6.50. The van der Waals surface area contributed by atoms with Gasteiger partial charge in [-0.15, -0.1) is 0 Å². The number of aliphatic hydroxyl groups is 1. The van der Waals surface area contributed by atoms with Crippen LogP contribution in [0.4, 0.5) is 5.69 Å². The molecule has 1 saturated heterocycles. The molecule has 0 amide bonds. The molecule has 0 unspecified atom stereocenters. The first-order chi connectivity index (χ1) is 16.5. The SMILES string of the molecule is CN1CC(O)(c2ccccc2)C1.COc1cc(NSc2cccc3cccnc23)ccc1C=O. The molecule has 6 nitrogen and oxygen atoms in total. The number of likely N-dealkylation sites (tertiary alicyclic amines) is 1. The second-order valence-electron chi connectivity index (χ2n) is 8.18. The van der Waals surface area contributed by atoms with Crippen LogP contribution in [0.25, 0.3) is 10.9 Å². The Bertz CT molecular complexity index is 1260. The van der Waals surface area contributed by atoms with Gasteiger partial charge in [-0.25, -0.2) is 0 Å². The second kappa shape index (κ2) is 10.7. The molecule has 1 aliphatic rings. The van der Waals surface area contributed by atoms with Crippen LogP contribution in [0.2, 0.25) is 0 Å². The van der Waals surface area contributed by atoms with Crippen molar-refractivity contribution in [3.05, 3.63) is 96.2 Å². The number of rotatable bonds is 6. The van der Waals surface area contributed by atoms with E-state index in [4.69, 9.17) is 4.74 Å². The molecule has 2 N–H and O–H groups in total. The smallest absolute Gasteiger partial charge is 0.153 e. The molecule has 34 heavy (non-hydrogen) atoms. The maximum Gasteiger partial charge on any atom is 0.153 e. The minimum absolute atomic E-state index is 0.532. The van der Waals surface area contributed by atoms with Gasteiger partial charge in [-0.3, -0.25) is 14.7 Å². The molecule has 0 atom stereocenters. The maximum atomic E-state index is 10.9. The number of para-hydroxylation sites is 1. The molecule has 0 saturated carbocycles. The zero-order valence-electron chi connectivity index (χ0n) is 19.1. The lowest BCUT2D eigenvalue weighted by Gasteiger charge is -2.44. The Hall–Kier alpha value is -3.39. The number of carbonyl (C=O) groups excluding carboxylic acids is 1. The molecule has 1 aromatic heterocycles. The average Bonchev–Trinajstić information content (AvgIpc) is 2.87. The number of benzene rings is 3. The number of β-amino-alcohol motifs (C(OH)–C–C–N with tert-alkyl or cyclic N) is 1. The minimum Gasteiger partial charge on any atom is -0.496 e. The van der Waals surface area contributed by atoms with Crippen molar-refractivity contribution in [2.75, 3.05) is 32.0 Å². The molecule has 5 rings (SSSR count). The van der Waals surface area contributed by atoms with Gasteiger partial charge < -0.3 is 14.6 Å². The normalized spacial score (nSPS) is 14.4. The number of carbonyl (C=O) groups is 1. The summed E-state index contributed by atoms with van der Waals surface area (Å²) < 4.78 is 8.47. The number of fused-ring (bicyclic) bond motifs is 1. The van der Waals surface area contributed by atoms with Crippen molar-refractivity contribution in [3.63, 3.8) is 0 Å². The number of anilines is 1. The van der Waals surface area contributed by atoms with Crippen molar-refractivity contribution >= 4 is 34.8 Å². The summed E-state index contributed by atoms with van der Waals surface area (Å²) in [7, 11) is 3.56. The monoisotopic (exact) mass is 473 g/mol. The van der Waals surface area contributed by atoms with Gasteiger partial charge in [0.1, 0.15) is 11.4 Å². The highest BCUT2D eigenvalue weighted by molar-refractivity contribution is 8.00. The molecule has 7 heteroatoms. The number of hydrogen-bond acceptors (Lipinski definition) is 7. The number of likely N-dealkylation sites (N-methyl/N-ethyl adjacent to an activating group) is 1. The first kappa shape index (κ1) is 23.8. The fraction of sp³-hybridized carbons (Fsp3) is 0.185. The third-order valence-electron chi connectivity index (χ3n) is 5.61. The zero-order valence-corrected chi connectivity index (χ0v) is 20.0. The fourth-order valence-corrected chi connectivity index (χ4v) is 4.69. The molecule has 174 valence electrons. The topological polar surface area (TPSA) is 74.7 Å². The van der Waals surface area contributed by atoms with Gasteiger partial charge in [0, 0.05) is 36.4 Å². The maximum absolute atomic E-state index is 10.9. The first-order valence-electron chi connectivity index (χ1n) is 10.9. The molecule has 3 aromatic carbocycles. The van der Waals surface area contributed by atoms with Gasteiger partial charge in [-0.2, -0.15) is 0 Å². The van der Waals surface area contributed by atoms with Gasteiger partial charge in [0.15, 0.2) is 6.29 Å². The highest BCUT2D eigenvalue weighted by atomic mass is 32.2. The lowest BCUT2D eigenvalue weighted by Crippen LogP contribution is -2.57. The van der Waals surface area contributed by atoms with Crippen LogP contribution in [0.5, 0.6) is 5.75 Å². The van der Waals surface area contributed by atoms with Crippen molar-refractivity contribution in [1.82, 2.24) is 9.88 Å². The Balaban J connectivity index is 0.000000192. The highest BCUT2D eigenvalue weighted by Crippen LogP contribution is 2.30. The summed E-state index contributed by atoms with van der Waals surface area (Å²) in [4.78, 5) is 18.5. The molecule has 4 aromatic rings. The van der Waals surface area contributed by atoms with E-state index in [1.165, 1.54) is 11.9 Å². The number of ether oxygens (including phenoxy) is 1. The summed E-state index contributed by atoms with van der Waals surface area (Å²) in [6, 6.07) is 25.2. The van der Waals surface area contributed by atoms with E-state index in [0.717, 1.165) is 46.4 Å². The number of nitrogens with one attached hydrogen (secondary N) is 1. The van der Waals surface area contributed by atoms with E-state index in [1.807, 2.05) is 73.8 Å². The Morgan fingerprint density at radius 1 is 1.06 bits per heavy atom. The van der Waals surface area contributed by atoms with Crippen molar-refractivity contribution in [1.29, 1.82) is 0 Å². The molecular weight excluding hydrogens is 446 g/mol. The van der Waals surface area contributed by atoms with Crippen LogP contribution in [-0.4, -0.2) is 48.5 Å². The van der Waals surface area contributed by atoms with E-state index < -0.39 is 5.60 Å². The quantitative estimate of drug-likeness (QED) is 0.302. The van der Waals surface area contributed by atoms with E-state index >= 15 is 0 Å². The van der Waals surface area contributed by atoms with Gasteiger partial charge in [-0.05, 0) is 48.8 Å². The van der Waals surface area contributed by atoms with Gasteiger partial charge in [-0.1, -0.05) is 48.5 Å². The number of aromatic nitrogens is 1. The van der Waals surface area contributed by atoms with Crippen molar-refractivity contribution in [2.24, 2.45) is 0 Å². The summed E-state index contributed by atoms with van der Waals surface area (Å²) >= 11 is 1.48. The van der Waals surface area contributed by atoms with Gasteiger partial charge in [0.25, 0.3) is 0 Å². The zero-order chi connectivity index (χ0) is 24.0. The Morgan fingerprint density at radius 3 is 2.53 bits per heavy atom. The lowest BCUT2D eigenvalue weighted by molar-refractivity contribution is -0.0918. The predicted molar refractivity (Wildman–Crippen MR) is 137 cm³/mol. The van der Waals surface area contributed by atoms with Crippen LogP contribution < -0.4 is 9.46 Å². The number of methoxy groups -OCH3 is 1. The predicted octanol–water partition coefficient (Wildman–Crippen LogP) is 4.99. The lowest BCUT2D eigenvalue weighted by atomic mass is 9.87. The molecule has 0 radical (unpaired) electrons. The van der Waals surface area contributed by atoms with Crippen LogP contribution in [-0.2, 0) is 5.60 Å². The molecule has 0 bridgehead atoms. The van der Waals surface area contributed by atoms with Crippen LogP contribution in [0.15, 0.2) is 90.0 Å². The number of nitrogens with zero attached hydrogens (tertiary/aromatic N) is 2. The van der Waals surface area contributed by atoms with Crippen LogP contribution in [0.1, 0.15) is 15.9 Å². The van der Waals surface area contributed by atoms with Crippen molar-refractivity contribution in [3.8, 4) is 5.75 Å². The standard InChI is InChI=1S/C17H14N2O2S.C10H13NO/c1-21-15-10-14(8-7-13(15)11-20)19-22-16-6-2-4-12-5-3-9-18-17(12)16;1-11-7-10(12,8-11)9-5-3-2-4-6-9/h2-11,19H,1H3;2-6,12H,7-8H2,1H3. The second-order valence-corrected chi connectivity index (χ2v) is 9.03. The summed E-state index contributed by atoms with van der Waals surface area (Å²) in [5.41, 5.74) is 2.79. The number of pyridine rings is 1. The van der Waals surface area contributed by atoms with E-state index in [-0.39, 0.29) is 0 Å². The third kappa shape index (κ3) is 5.39. The number of aldehydes is 1. The highest BCUT2D eigenvalue weighted by Gasteiger charge is 2.40. The molecule has 1 fully saturated rings. The Kier molecular flexibility index (Phi) is 7.47. The van der Waals surface area contributed by atoms with Gasteiger partial charge in [0.2, 0.25) is 0 Å². The van der Waals surface area contributed by atoms with Gasteiger partial charge in [0.05, 0.1) is 23.1 Å². The molecular formula is C27H27N3O3S. The Morgan fingerprint density at radius 2 is 1.82 bits per heavy atom. The molecule has 2 heterocycles. The number of hydrogen-bond donors (Lipinski definition) is 2. The summed E-state index contributed by atoms with van der Waals surface area (Å²) in [6.07, 6.45) is 2.57. The van der Waals surface area contributed by atoms with Gasteiger partial charge >= 0.3 is 0 Å². The van der Waals surface area contributed by atoms with Crippen molar-refractivity contribution in [2.45, 2.75) is 10.5 Å². The van der Waals surface area contributed by atoms with Crippen LogP contribution in [0, 0.1) is 0 Å². The summed E-state index contributed by atoms with van der Waals surface area (Å²) in [5.74, 6) is 0.552.